The molecule has 0 unspecified atom stereocenters. The van der Waals surface area contributed by atoms with E-state index in [4.69, 9.17) is 15.0 Å². The van der Waals surface area contributed by atoms with Crippen LogP contribution >= 0.6 is 0 Å². The number of hydrogen-bond donors (Lipinski definition) is 0. The van der Waals surface area contributed by atoms with Crippen molar-refractivity contribution in [2.45, 2.75) is 0 Å². The fourth-order valence-electron chi connectivity index (χ4n) is 8.12. The summed E-state index contributed by atoms with van der Waals surface area (Å²) in [5.74, 6) is 0.673. The number of fused-ring (bicyclic) bond motifs is 11. The Morgan fingerprint density at radius 1 is 0.315 bits per heavy atom. The maximum absolute atomic E-state index is 5.34. The maximum atomic E-state index is 5.34. The van der Waals surface area contributed by atoms with Gasteiger partial charge in [-0.1, -0.05) is 152 Å². The molecule has 4 heteroatoms. The summed E-state index contributed by atoms with van der Waals surface area (Å²) in [6, 6.07) is 62.0. The van der Waals surface area contributed by atoms with E-state index in [2.05, 4.69) is 169 Å². The van der Waals surface area contributed by atoms with E-state index in [0.717, 1.165) is 66.5 Å². The molecular weight excluding hydrogens is 657 g/mol. The van der Waals surface area contributed by atoms with E-state index in [9.17, 15) is 0 Å². The first-order chi connectivity index (χ1) is 26.8. The van der Waals surface area contributed by atoms with Crippen LogP contribution in [0.3, 0.4) is 0 Å². The largest absolute Gasteiger partial charge is 0.254 e. The van der Waals surface area contributed by atoms with Crippen LogP contribution in [0.25, 0.3) is 110 Å². The minimum Gasteiger partial charge on any atom is -0.254 e. The highest BCUT2D eigenvalue weighted by Gasteiger charge is 2.18. The highest BCUT2D eigenvalue weighted by Crippen LogP contribution is 2.43. The molecule has 0 aliphatic heterocycles. The smallest absolute Gasteiger partial charge is 0.160 e. The molecule has 0 saturated carbocycles. The second-order valence-corrected chi connectivity index (χ2v) is 13.8. The van der Waals surface area contributed by atoms with Gasteiger partial charge in [0, 0.05) is 39.2 Å². The molecule has 11 rings (SSSR count). The zero-order valence-electron chi connectivity index (χ0n) is 29.1. The Labute approximate surface area is 311 Å². The first-order valence-electron chi connectivity index (χ1n) is 18.2. The summed E-state index contributed by atoms with van der Waals surface area (Å²) in [4.78, 5) is 20.2. The molecule has 0 fully saturated rings. The van der Waals surface area contributed by atoms with Crippen molar-refractivity contribution in [2.75, 3.05) is 0 Å². The first-order valence-corrected chi connectivity index (χ1v) is 18.2. The standard InChI is InChI=1S/C50H30N4/c1-2-11-31(12-3-1)45-30-46(42-29-43-38-16-5-4-14-36(38)37-15-6-8-18-40(37)47(43)41-19-9-7-17-39(41)42)54-50(53-45)35-24-20-32(21-25-35)44-27-26-34-23-22-33-13-10-28-51-48(33)49(34)52-44/h1-30H. The van der Waals surface area contributed by atoms with Crippen molar-refractivity contribution in [1.82, 2.24) is 19.9 Å². The van der Waals surface area contributed by atoms with Gasteiger partial charge in [-0.25, -0.2) is 15.0 Å². The number of nitrogens with zero attached hydrogens (tertiary/aromatic N) is 4. The van der Waals surface area contributed by atoms with Crippen LogP contribution in [0.5, 0.6) is 0 Å². The van der Waals surface area contributed by atoms with Gasteiger partial charge in [-0.3, -0.25) is 4.98 Å². The van der Waals surface area contributed by atoms with Crippen LogP contribution in [0.2, 0.25) is 0 Å². The highest BCUT2D eigenvalue weighted by molar-refractivity contribution is 6.33. The predicted octanol–water partition coefficient (Wildman–Crippen LogP) is 12.9. The number of benzene rings is 8. The molecule has 0 radical (unpaired) electrons. The van der Waals surface area contributed by atoms with Gasteiger partial charge in [0.15, 0.2) is 5.82 Å². The second-order valence-electron chi connectivity index (χ2n) is 13.8. The molecule has 11 aromatic rings. The lowest BCUT2D eigenvalue weighted by Gasteiger charge is -2.16. The van der Waals surface area contributed by atoms with Crippen LogP contribution in [0.15, 0.2) is 182 Å². The normalized spacial score (nSPS) is 11.7. The van der Waals surface area contributed by atoms with Crippen molar-refractivity contribution in [3.05, 3.63) is 182 Å². The summed E-state index contributed by atoms with van der Waals surface area (Å²) < 4.78 is 0. The van der Waals surface area contributed by atoms with Crippen molar-refractivity contribution in [3.63, 3.8) is 0 Å². The Bertz CT molecular complexity index is 3260. The van der Waals surface area contributed by atoms with Crippen molar-refractivity contribution >= 4 is 64.9 Å². The van der Waals surface area contributed by atoms with Gasteiger partial charge in [0.1, 0.15) is 0 Å². The molecular formula is C50H30N4. The fourth-order valence-corrected chi connectivity index (χ4v) is 8.12. The third-order valence-corrected chi connectivity index (χ3v) is 10.7. The summed E-state index contributed by atoms with van der Waals surface area (Å²) in [7, 11) is 0. The number of pyridine rings is 2. The molecule has 0 spiro atoms. The monoisotopic (exact) mass is 686 g/mol. The van der Waals surface area contributed by atoms with Gasteiger partial charge < -0.3 is 0 Å². The molecule has 0 saturated heterocycles. The highest BCUT2D eigenvalue weighted by atomic mass is 14.9. The van der Waals surface area contributed by atoms with E-state index in [-0.39, 0.29) is 0 Å². The quantitative estimate of drug-likeness (QED) is 0.173. The number of rotatable bonds is 4. The second kappa shape index (κ2) is 12.1. The first kappa shape index (κ1) is 30.3. The third-order valence-electron chi connectivity index (χ3n) is 10.7. The lowest BCUT2D eigenvalue weighted by Crippen LogP contribution is -1.97. The minimum absolute atomic E-state index is 0.673. The Balaban J connectivity index is 1.11. The number of aromatic nitrogens is 4. The Hall–Kier alpha value is -7.30. The molecule has 3 heterocycles. The van der Waals surface area contributed by atoms with Gasteiger partial charge in [0.25, 0.3) is 0 Å². The van der Waals surface area contributed by atoms with Gasteiger partial charge in [-0.2, -0.15) is 0 Å². The van der Waals surface area contributed by atoms with Gasteiger partial charge in [0.2, 0.25) is 0 Å². The summed E-state index contributed by atoms with van der Waals surface area (Å²) in [5.41, 5.74) is 8.56. The molecule has 4 nitrogen and oxygen atoms in total. The average molecular weight is 687 g/mol. The van der Waals surface area contributed by atoms with Crippen LogP contribution in [-0.4, -0.2) is 19.9 Å². The Morgan fingerprint density at radius 2 is 0.870 bits per heavy atom. The zero-order valence-corrected chi connectivity index (χ0v) is 29.1. The molecule has 0 amide bonds. The third kappa shape index (κ3) is 4.85. The summed E-state index contributed by atoms with van der Waals surface area (Å²) in [6.07, 6.45) is 1.83. The van der Waals surface area contributed by atoms with Crippen LogP contribution in [0.1, 0.15) is 0 Å². The molecule has 54 heavy (non-hydrogen) atoms. The van der Waals surface area contributed by atoms with Crippen molar-refractivity contribution in [2.24, 2.45) is 0 Å². The van der Waals surface area contributed by atoms with E-state index < -0.39 is 0 Å². The van der Waals surface area contributed by atoms with Gasteiger partial charge in [-0.15, -0.1) is 0 Å². The van der Waals surface area contributed by atoms with Crippen LogP contribution in [0.4, 0.5) is 0 Å². The van der Waals surface area contributed by atoms with E-state index in [1.54, 1.807) is 0 Å². The Morgan fingerprint density at radius 3 is 1.63 bits per heavy atom. The van der Waals surface area contributed by atoms with Crippen LogP contribution < -0.4 is 0 Å². The van der Waals surface area contributed by atoms with E-state index in [1.165, 1.54) is 37.7 Å². The summed E-state index contributed by atoms with van der Waals surface area (Å²) >= 11 is 0. The molecule has 0 atom stereocenters. The fraction of sp³-hybridized carbons (Fsp3) is 0. The molecule has 0 bridgehead atoms. The van der Waals surface area contributed by atoms with Crippen molar-refractivity contribution in [1.29, 1.82) is 0 Å². The number of hydrogen-bond acceptors (Lipinski definition) is 4. The zero-order chi connectivity index (χ0) is 35.6. The van der Waals surface area contributed by atoms with Crippen LogP contribution in [-0.2, 0) is 0 Å². The molecule has 0 N–H and O–H groups in total. The molecule has 0 aliphatic rings. The van der Waals surface area contributed by atoms with E-state index in [1.807, 2.05) is 18.3 Å². The molecule has 8 aromatic carbocycles. The summed E-state index contributed by atoms with van der Waals surface area (Å²) in [6.45, 7) is 0. The lowest BCUT2D eigenvalue weighted by atomic mass is 9.88. The molecule has 250 valence electrons. The van der Waals surface area contributed by atoms with Crippen LogP contribution in [0, 0.1) is 0 Å². The molecule has 3 aromatic heterocycles. The Kier molecular flexibility index (Phi) is 6.82. The van der Waals surface area contributed by atoms with Crippen molar-refractivity contribution in [3.8, 4) is 45.2 Å². The van der Waals surface area contributed by atoms with E-state index in [0.29, 0.717) is 5.82 Å². The summed E-state index contributed by atoms with van der Waals surface area (Å²) in [5, 5.41) is 12.0. The van der Waals surface area contributed by atoms with Gasteiger partial charge >= 0.3 is 0 Å². The van der Waals surface area contributed by atoms with Gasteiger partial charge in [-0.05, 0) is 67.4 Å². The topological polar surface area (TPSA) is 51.6 Å². The van der Waals surface area contributed by atoms with Crippen molar-refractivity contribution < 1.29 is 0 Å². The SMILES string of the molecule is c1ccc(-c2cc(-c3cc4c5ccccc5c5ccccc5c4c4ccccc34)nc(-c3ccc(-c4ccc5ccc6cccnc6c5n4)cc3)n2)cc1. The average Bonchev–Trinajstić information content (AvgIpc) is 3.26. The van der Waals surface area contributed by atoms with E-state index >= 15 is 0 Å². The molecule has 0 aliphatic carbocycles. The maximum Gasteiger partial charge on any atom is 0.160 e. The minimum atomic E-state index is 0.673. The van der Waals surface area contributed by atoms with Gasteiger partial charge in [0.05, 0.1) is 28.1 Å². The predicted molar refractivity (Wildman–Crippen MR) is 224 cm³/mol. The lowest BCUT2D eigenvalue weighted by molar-refractivity contribution is 1.19.